The fraction of sp³-hybridized carbons (Fsp3) is 0.682. The van der Waals surface area contributed by atoms with Crippen molar-refractivity contribution in [2.24, 2.45) is 0 Å². The highest BCUT2D eigenvalue weighted by atomic mass is 35.5. The zero-order chi connectivity index (χ0) is 21.6. The standard InChI is InChI=1S/C12H26.C8H6Cl2O3.C2H7N/c1-3-5-7-9-11-12-10-8-6-4-2;9-5-1-2-7(6(10)3-5)13-4-8(11)12;1-3-2/h3-12H2,1-2H3;1-3H,4H2,(H,11,12);3H,1-2H3. The van der Waals surface area contributed by atoms with Gasteiger partial charge >= 0.3 is 5.97 Å². The van der Waals surface area contributed by atoms with Crippen molar-refractivity contribution in [3.05, 3.63) is 28.2 Å². The Kier molecular flexibility index (Phi) is 23.3. The van der Waals surface area contributed by atoms with Crippen LogP contribution in [0.5, 0.6) is 5.75 Å². The Morgan fingerprint density at radius 1 is 0.929 bits per heavy atom. The molecule has 2 N–H and O–H groups in total. The SMILES string of the molecule is CCCCCCCCCCCC.CNC.O=C(O)COc1ccc(Cl)cc1Cl. The minimum atomic E-state index is -1.05. The Hall–Kier alpha value is -0.970. The molecule has 0 saturated heterocycles. The van der Waals surface area contributed by atoms with Crippen molar-refractivity contribution in [2.75, 3.05) is 20.7 Å². The normalized spacial score (nSPS) is 9.64. The molecule has 0 unspecified atom stereocenters. The van der Waals surface area contributed by atoms with Crippen molar-refractivity contribution in [3.8, 4) is 5.75 Å². The molecular weight excluding hydrogens is 397 g/mol. The number of nitrogens with one attached hydrogen (secondary N) is 1. The zero-order valence-corrected chi connectivity index (χ0v) is 19.5. The molecule has 0 aliphatic rings. The van der Waals surface area contributed by atoms with Gasteiger partial charge in [0.1, 0.15) is 5.75 Å². The first-order chi connectivity index (χ1) is 13.4. The van der Waals surface area contributed by atoms with Gasteiger partial charge < -0.3 is 15.2 Å². The van der Waals surface area contributed by atoms with Gasteiger partial charge in [0, 0.05) is 5.02 Å². The van der Waals surface area contributed by atoms with Crippen molar-refractivity contribution >= 4 is 29.2 Å². The number of hydrogen-bond donors (Lipinski definition) is 2. The maximum atomic E-state index is 10.2. The Balaban J connectivity index is 0. The molecule has 164 valence electrons. The molecule has 0 aliphatic heterocycles. The summed E-state index contributed by atoms with van der Waals surface area (Å²) in [5, 5.41) is 11.9. The van der Waals surface area contributed by atoms with E-state index < -0.39 is 12.6 Å². The molecule has 1 aromatic carbocycles. The molecule has 1 aromatic rings. The number of halogens is 2. The van der Waals surface area contributed by atoms with E-state index in [2.05, 4.69) is 19.2 Å². The predicted octanol–water partition coefficient (Wildman–Crippen LogP) is 7.22. The smallest absolute Gasteiger partial charge is 0.341 e. The molecular formula is C22H39Cl2NO3. The van der Waals surface area contributed by atoms with E-state index in [1.54, 1.807) is 6.07 Å². The second kappa shape index (κ2) is 22.3. The first-order valence-corrected chi connectivity index (χ1v) is 11.1. The van der Waals surface area contributed by atoms with Crippen molar-refractivity contribution in [1.82, 2.24) is 5.32 Å². The molecule has 4 nitrogen and oxygen atoms in total. The Morgan fingerprint density at radius 2 is 1.36 bits per heavy atom. The highest BCUT2D eigenvalue weighted by Gasteiger charge is 2.04. The Morgan fingerprint density at radius 3 is 1.71 bits per heavy atom. The van der Waals surface area contributed by atoms with E-state index in [1.165, 1.54) is 76.3 Å². The second-order valence-electron chi connectivity index (χ2n) is 6.59. The van der Waals surface area contributed by atoms with Gasteiger partial charge in [0.25, 0.3) is 0 Å². The molecule has 6 heteroatoms. The summed E-state index contributed by atoms with van der Waals surface area (Å²) in [5.74, 6) is -0.737. The van der Waals surface area contributed by atoms with E-state index >= 15 is 0 Å². The molecule has 0 amide bonds. The van der Waals surface area contributed by atoms with Crippen molar-refractivity contribution in [3.63, 3.8) is 0 Å². The predicted molar refractivity (Wildman–Crippen MR) is 122 cm³/mol. The number of carbonyl (C=O) groups is 1. The number of ether oxygens (including phenoxy) is 1. The third kappa shape index (κ3) is 21.3. The van der Waals surface area contributed by atoms with Crippen LogP contribution in [0.2, 0.25) is 10.0 Å². The van der Waals surface area contributed by atoms with Crippen LogP contribution >= 0.6 is 23.2 Å². The monoisotopic (exact) mass is 435 g/mol. The van der Waals surface area contributed by atoms with Crippen molar-refractivity contribution in [2.45, 2.75) is 78.1 Å². The average molecular weight is 436 g/mol. The molecule has 0 aromatic heterocycles. The fourth-order valence-corrected chi connectivity index (χ4v) is 2.76. The molecule has 1 rings (SSSR count). The number of aliphatic carboxylic acids is 1. The van der Waals surface area contributed by atoms with E-state index in [0.717, 1.165) is 0 Å². The lowest BCUT2D eigenvalue weighted by Crippen LogP contribution is -2.09. The third-order valence-corrected chi connectivity index (χ3v) is 4.23. The zero-order valence-electron chi connectivity index (χ0n) is 18.0. The lowest BCUT2D eigenvalue weighted by Gasteiger charge is -2.04. The maximum Gasteiger partial charge on any atom is 0.341 e. The van der Waals surface area contributed by atoms with E-state index in [9.17, 15) is 4.79 Å². The van der Waals surface area contributed by atoms with Gasteiger partial charge in [0.05, 0.1) is 5.02 Å². The van der Waals surface area contributed by atoms with Crippen molar-refractivity contribution < 1.29 is 14.6 Å². The highest BCUT2D eigenvalue weighted by molar-refractivity contribution is 6.35. The van der Waals surface area contributed by atoms with Crippen LogP contribution in [0.25, 0.3) is 0 Å². The van der Waals surface area contributed by atoms with Gasteiger partial charge in [-0.1, -0.05) is 101 Å². The van der Waals surface area contributed by atoms with Gasteiger partial charge in [0.2, 0.25) is 0 Å². The summed E-state index contributed by atoms with van der Waals surface area (Å²) in [4.78, 5) is 10.2. The Labute approximate surface area is 182 Å². The number of carboxylic acids is 1. The number of rotatable bonds is 12. The van der Waals surface area contributed by atoms with Gasteiger partial charge in [-0.25, -0.2) is 4.79 Å². The summed E-state index contributed by atoms with van der Waals surface area (Å²) in [6.07, 6.45) is 14.4. The van der Waals surface area contributed by atoms with Crippen LogP contribution in [0.3, 0.4) is 0 Å². The van der Waals surface area contributed by atoms with Gasteiger partial charge in [-0.2, -0.15) is 0 Å². The molecule has 0 saturated carbocycles. The molecule has 0 spiro atoms. The van der Waals surface area contributed by atoms with Gasteiger partial charge in [-0.05, 0) is 32.3 Å². The van der Waals surface area contributed by atoms with E-state index in [1.807, 2.05) is 14.1 Å². The van der Waals surface area contributed by atoms with Crippen LogP contribution in [0.15, 0.2) is 18.2 Å². The van der Waals surface area contributed by atoms with Gasteiger partial charge in [-0.3, -0.25) is 0 Å². The molecule has 0 fully saturated rings. The summed E-state index contributed by atoms with van der Waals surface area (Å²) in [6, 6.07) is 4.58. The van der Waals surface area contributed by atoms with E-state index in [0.29, 0.717) is 15.8 Å². The van der Waals surface area contributed by atoms with Crippen LogP contribution in [0, 0.1) is 0 Å². The number of hydrogen-bond acceptors (Lipinski definition) is 3. The number of carboxylic acid groups (broad SMARTS) is 1. The molecule has 0 atom stereocenters. The Bertz CT molecular complexity index is 475. The van der Waals surface area contributed by atoms with Crippen LogP contribution in [-0.2, 0) is 4.79 Å². The summed E-state index contributed by atoms with van der Waals surface area (Å²) in [7, 11) is 3.75. The average Bonchev–Trinajstić information content (AvgIpc) is 2.64. The summed E-state index contributed by atoms with van der Waals surface area (Å²) in [5.41, 5.74) is 0. The van der Waals surface area contributed by atoms with Crippen LogP contribution < -0.4 is 10.1 Å². The first-order valence-electron chi connectivity index (χ1n) is 10.3. The lowest BCUT2D eigenvalue weighted by molar-refractivity contribution is -0.139. The maximum absolute atomic E-state index is 10.2. The number of unbranched alkanes of at least 4 members (excludes halogenated alkanes) is 9. The molecule has 0 radical (unpaired) electrons. The van der Waals surface area contributed by atoms with E-state index in [-0.39, 0.29) is 0 Å². The lowest BCUT2D eigenvalue weighted by atomic mass is 10.1. The van der Waals surface area contributed by atoms with E-state index in [4.69, 9.17) is 33.0 Å². The second-order valence-corrected chi connectivity index (χ2v) is 7.43. The van der Waals surface area contributed by atoms with Crippen LogP contribution in [-0.4, -0.2) is 31.8 Å². The van der Waals surface area contributed by atoms with Crippen LogP contribution in [0.1, 0.15) is 78.1 Å². The summed E-state index contributed by atoms with van der Waals surface area (Å²) in [6.45, 7) is 4.14. The number of benzene rings is 1. The summed E-state index contributed by atoms with van der Waals surface area (Å²) >= 11 is 11.3. The topological polar surface area (TPSA) is 58.6 Å². The van der Waals surface area contributed by atoms with Crippen LogP contribution in [0.4, 0.5) is 0 Å². The molecule has 0 heterocycles. The van der Waals surface area contributed by atoms with Gasteiger partial charge in [-0.15, -0.1) is 0 Å². The minimum absolute atomic E-state index is 0.300. The third-order valence-electron chi connectivity index (χ3n) is 3.70. The molecule has 0 bridgehead atoms. The fourth-order valence-electron chi connectivity index (χ4n) is 2.29. The minimum Gasteiger partial charge on any atom is -0.480 e. The highest BCUT2D eigenvalue weighted by Crippen LogP contribution is 2.27. The van der Waals surface area contributed by atoms with Gasteiger partial charge in [0.15, 0.2) is 6.61 Å². The quantitative estimate of drug-likeness (QED) is 0.340. The molecule has 28 heavy (non-hydrogen) atoms. The van der Waals surface area contributed by atoms with Crippen molar-refractivity contribution in [1.29, 1.82) is 0 Å². The summed E-state index contributed by atoms with van der Waals surface area (Å²) < 4.78 is 4.86. The largest absolute Gasteiger partial charge is 0.480 e. The first kappa shape index (κ1) is 29.2. The molecule has 0 aliphatic carbocycles.